The monoisotopic (exact) mass is 290 g/mol. The fourth-order valence-corrected chi connectivity index (χ4v) is 1.57. The molecular formula is C12H19BrO3. The van der Waals surface area contributed by atoms with Crippen LogP contribution in [0.15, 0.2) is 12.2 Å². The number of hydrogen-bond donors (Lipinski definition) is 0. The van der Waals surface area contributed by atoms with Crippen molar-refractivity contribution in [2.75, 3.05) is 11.9 Å². The fourth-order valence-electron chi connectivity index (χ4n) is 1.18. The van der Waals surface area contributed by atoms with Crippen LogP contribution in [0.25, 0.3) is 0 Å². The van der Waals surface area contributed by atoms with Crippen LogP contribution in [0.5, 0.6) is 0 Å². The third-order valence-corrected chi connectivity index (χ3v) is 2.55. The molecule has 0 saturated carbocycles. The number of unbranched alkanes of at least 4 members (excludes halogenated alkanes) is 3. The van der Waals surface area contributed by atoms with E-state index in [1.165, 1.54) is 6.08 Å². The molecular weight excluding hydrogens is 272 g/mol. The first-order chi connectivity index (χ1) is 7.70. The highest BCUT2D eigenvalue weighted by Crippen LogP contribution is 2.05. The van der Waals surface area contributed by atoms with Crippen LogP contribution >= 0.6 is 15.9 Å². The zero-order valence-corrected chi connectivity index (χ0v) is 11.3. The van der Waals surface area contributed by atoms with Crippen LogP contribution in [0.3, 0.4) is 0 Å². The van der Waals surface area contributed by atoms with E-state index in [0.717, 1.165) is 31.0 Å². The van der Waals surface area contributed by atoms with Gasteiger partial charge in [0.1, 0.15) is 0 Å². The maximum Gasteiger partial charge on any atom is 0.306 e. The van der Waals surface area contributed by atoms with Crippen molar-refractivity contribution in [1.29, 1.82) is 0 Å². The Kier molecular flexibility index (Phi) is 10.4. The lowest BCUT2D eigenvalue weighted by Crippen LogP contribution is -2.11. The van der Waals surface area contributed by atoms with Crippen LogP contribution < -0.4 is 0 Å². The molecule has 0 aromatic heterocycles. The maximum absolute atomic E-state index is 11.2. The van der Waals surface area contributed by atoms with Crippen molar-refractivity contribution >= 4 is 27.7 Å². The van der Waals surface area contributed by atoms with Crippen LogP contribution in [0.4, 0.5) is 0 Å². The van der Waals surface area contributed by atoms with Crippen molar-refractivity contribution in [3.8, 4) is 0 Å². The number of ether oxygens (including phenoxy) is 1. The lowest BCUT2D eigenvalue weighted by molar-refractivity contribution is -0.147. The Bertz CT molecular complexity index is 236. The summed E-state index contributed by atoms with van der Waals surface area (Å²) in [6.07, 6.45) is 7.57. The van der Waals surface area contributed by atoms with E-state index in [4.69, 9.17) is 4.74 Å². The molecule has 0 unspecified atom stereocenters. The van der Waals surface area contributed by atoms with Gasteiger partial charge in [0.15, 0.2) is 12.4 Å². The van der Waals surface area contributed by atoms with Gasteiger partial charge in [-0.2, -0.15) is 0 Å². The molecule has 0 amide bonds. The first kappa shape index (κ1) is 15.4. The van der Waals surface area contributed by atoms with Gasteiger partial charge in [-0.3, -0.25) is 9.59 Å². The smallest absolute Gasteiger partial charge is 0.306 e. The van der Waals surface area contributed by atoms with E-state index in [-0.39, 0.29) is 18.4 Å². The molecule has 0 saturated heterocycles. The Morgan fingerprint density at radius 3 is 2.50 bits per heavy atom. The molecule has 0 radical (unpaired) electrons. The standard InChI is InChI=1S/C12H19BrO3/c1-2-7-11(14)10-16-12(15)8-5-3-4-6-9-13/h2,7H,3-6,8-10H2,1H3. The summed E-state index contributed by atoms with van der Waals surface area (Å²) >= 11 is 3.35. The summed E-state index contributed by atoms with van der Waals surface area (Å²) in [6, 6.07) is 0. The Labute approximate surface area is 105 Å². The Morgan fingerprint density at radius 1 is 1.19 bits per heavy atom. The Balaban J connectivity index is 3.41. The summed E-state index contributed by atoms with van der Waals surface area (Å²) < 4.78 is 4.81. The average Bonchev–Trinajstić information content (AvgIpc) is 2.26. The second kappa shape index (κ2) is 10.9. The van der Waals surface area contributed by atoms with E-state index in [0.29, 0.717) is 6.42 Å². The van der Waals surface area contributed by atoms with Crippen LogP contribution in [-0.4, -0.2) is 23.7 Å². The molecule has 0 aliphatic rings. The van der Waals surface area contributed by atoms with E-state index >= 15 is 0 Å². The number of halogens is 1. The van der Waals surface area contributed by atoms with Crippen molar-refractivity contribution in [3.63, 3.8) is 0 Å². The van der Waals surface area contributed by atoms with Gasteiger partial charge in [0, 0.05) is 11.8 Å². The van der Waals surface area contributed by atoms with Crippen LogP contribution in [-0.2, 0) is 14.3 Å². The quantitative estimate of drug-likeness (QED) is 0.284. The molecule has 0 aliphatic heterocycles. The normalized spacial score (nSPS) is 10.6. The minimum absolute atomic E-state index is 0.134. The van der Waals surface area contributed by atoms with Crippen LogP contribution in [0.2, 0.25) is 0 Å². The third kappa shape index (κ3) is 9.90. The van der Waals surface area contributed by atoms with Crippen LogP contribution in [0.1, 0.15) is 39.0 Å². The summed E-state index contributed by atoms with van der Waals surface area (Å²) in [4.78, 5) is 22.2. The number of hydrogen-bond acceptors (Lipinski definition) is 3. The number of carbonyl (C=O) groups excluding carboxylic acids is 2. The van der Waals surface area contributed by atoms with Gasteiger partial charge in [-0.15, -0.1) is 0 Å². The summed E-state index contributed by atoms with van der Waals surface area (Å²) in [6.45, 7) is 1.62. The molecule has 0 fully saturated rings. The molecule has 4 heteroatoms. The minimum atomic E-state index is -0.281. The summed E-state index contributed by atoms with van der Waals surface area (Å²) in [7, 11) is 0. The maximum atomic E-state index is 11.2. The zero-order valence-electron chi connectivity index (χ0n) is 9.71. The van der Waals surface area contributed by atoms with Gasteiger partial charge >= 0.3 is 5.97 Å². The average molecular weight is 291 g/mol. The Morgan fingerprint density at radius 2 is 1.88 bits per heavy atom. The van der Waals surface area contributed by atoms with Crippen molar-refractivity contribution in [2.24, 2.45) is 0 Å². The summed E-state index contributed by atoms with van der Waals surface area (Å²) in [5.74, 6) is -0.452. The highest BCUT2D eigenvalue weighted by atomic mass is 79.9. The molecule has 0 spiro atoms. The molecule has 0 heterocycles. The second-order valence-electron chi connectivity index (χ2n) is 3.48. The topological polar surface area (TPSA) is 43.4 Å². The summed E-state index contributed by atoms with van der Waals surface area (Å²) in [5.41, 5.74) is 0. The van der Waals surface area contributed by atoms with Gasteiger partial charge in [0.05, 0.1) is 0 Å². The van der Waals surface area contributed by atoms with E-state index in [2.05, 4.69) is 15.9 Å². The Hall–Kier alpha value is -0.640. The lowest BCUT2D eigenvalue weighted by Gasteiger charge is -2.02. The molecule has 0 atom stereocenters. The lowest BCUT2D eigenvalue weighted by atomic mass is 10.1. The predicted molar refractivity (Wildman–Crippen MR) is 67.7 cm³/mol. The second-order valence-corrected chi connectivity index (χ2v) is 4.27. The van der Waals surface area contributed by atoms with Crippen molar-refractivity contribution in [1.82, 2.24) is 0 Å². The number of rotatable bonds is 9. The van der Waals surface area contributed by atoms with E-state index in [1.54, 1.807) is 13.0 Å². The highest BCUT2D eigenvalue weighted by Gasteiger charge is 2.04. The molecule has 0 rings (SSSR count). The summed E-state index contributed by atoms with van der Waals surface area (Å²) in [5, 5.41) is 1.01. The van der Waals surface area contributed by atoms with Crippen molar-refractivity contribution in [2.45, 2.75) is 39.0 Å². The van der Waals surface area contributed by atoms with Crippen LogP contribution in [0, 0.1) is 0 Å². The first-order valence-electron chi connectivity index (χ1n) is 5.57. The highest BCUT2D eigenvalue weighted by molar-refractivity contribution is 9.09. The number of alkyl halides is 1. The van der Waals surface area contributed by atoms with E-state index in [1.807, 2.05) is 0 Å². The van der Waals surface area contributed by atoms with Gasteiger partial charge in [0.2, 0.25) is 0 Å². The minimum Gasteiger partial charge on any atom is -0.457 e. The number of allylic oxidation sites excluding steroid dienone is 1. The molecule has 0 aliphatic carbocycles. The number of carbonyl (C=O) groups is 2. The molecule has 0 N–H and O–H groups in total. The molecule has 3 nitrogen and oxygen atoms in total. The molecule has 0 bridgehead atoms. The first-order valence-corrected chi connectivity index (χ1v) is 6.70. The van der Waals surface area contributed by atoms with Crippen molar-refractivity contribution in [3.05, 3.63) is 12.2 Å². The number of ketones is 1. The number of esters is 1. The largest absolute Gasteiger partial charge is 0.457 e. The zero-order chi connectivity index (χ0) is 12.2. The predicted octanol–water partition coefficient (Wildman–Crippen LogP) is 3.02. The molecule has 16 heavy (non-hydrogen) atoms. The van der Waals surface area contributed by atoms with Gasteiger partial charge < -0.3 is 4.74 Å². The van der Waals surface area contributed by atoms with Crippen molar-refractivity contribution < 1.29 is 14.3 Å². The molecule has 92 valence electrons. The van der Waals surface area contributed by atoms with E-state index in [9.17, 15) is 9.59 Å². The van der Waals surface area contributed by atoms with Gasteiger partial charge in [-0.1, -0.05) is 34.8 Å². The molecule has 0 aromatic rings. The van der Waals surface area contributed by atoms with Gasteiger partial charge in [0.25, 0.3) is 0 Å². The van der Waals surface area contributed by atoms with Gasteiger partial charge in [-0.25, -0.2) is 0 Å². The van der Waals surface area contributed by atoms with Gasteiger partial charge in [-0.05, 0) is 25.8 Å². The molecule has 0 aromatic carbocycles. The van der Waals surface area contributed by atoms with E-state index < -0.39 is 0 Å². The SMILES string of the molecule is CC=CC(=O)COC(=O)CCCCCCBr. The fraction of sp³-hybridized carbons (Fsp3) is 0.667. The third-order valence-electron chi connectivity index (χ3n) is 1.99.